The molecule has 0 spiro atoms. The summed E-state index contributed by atoms with van der Waals surface area (Å²) in [6.45, 7) is 3.81. The van der Waals surface area contributed by atoms with Gasteiger partial charge in [0.2, 0.25) is 0 Å². The van der Waals surface area contributed by atoms with Gasteiger partial charge in [0.15, 0.2) is 5.76 Å². The van der Waals surface area contributed by atoms with Gasteiger partial charge in [-0.2, -0.15) is 0 Å². The molecule has 0 aliphatic heterocycles. The molecule has 0 unspecified atom stereocenters. The zero-order chi connectivity index (χ0) is 15.5. The maximum absolute atomic E-state index is 13.1. The summed E-state index contributed by atoms with van der Waals surface area (Å²) in [5.41, 5.74) is 1.30. The highest BCUT2D eigenvalue weighted by atomic mass is 19.1. The van der Waals surface area contributed by atoms with Gasteiger partial charge in [-0.1, -0.05) is 6.92 Å². The summed E-state index contributed by atoms with van der Waals surface area (Å²) in [6, 6.07) is 6.98. The number of rotatable bonds is 3. The molecule has 0 saturated carbocycles. The van der Waals surface area contributed by atoms with Gasteiger partial charge in [0, 0.05) is 5.39 Å². The third-order valence-electron chi connectivity index (χ3n) is 3.38. The zero-order valence-electron chi connectivity index (χ0n) is 12.5. The average Bonchev–Trinajstić information content (AvgIpc) is 3.10. The Bertz CT molecular complexity index is 854. The van der Waals surface area contributed by atoms with Gasteiger partial charge in [0.1, 0.15) is 17.2 Å². The first kappa shape index (κ1) is 14.4. The van der Waals surface area contributed by atoms with Gasteiger partial charge in [-0.25, -0.2) is 9.37 Å². The van der Waals surface area contributed by atoms with Gasteiger partial charge in [-0.05, 0) is 49.7 Å². The maximum Gasteiger partial charge on any atom is 0.177 e. The van der Waals surface area contributed by atoms with Crippen LogP contribution in [0.15, 0.2) is 34.9 Å². The second-order valence-electron chi connectivity index (χ2n) is 5.12. The van der Waals surface area contributed by atoms with E-state index >= 15 is 0 Å². The molecular formula is C17H16FN3O. The highest BCUT2D eigenvalue weighted by molar-refractivity contribution is 5.77. The molecule has 0 fully saturated rings. The minimum atomic E-state index is -0.360. The van der Waals surface area contributed by atoms with E-state index in [0.29, 0.717) is 22.5 Å². The number of hydrogen-bond acceptors (Lipinski definition) is 3. The van der Waals surface area contributed by atoms with E-state index in [9.17, 15) is 4.39 Å². The van der Waals surface area contributed by atoms with Crippen LogP contribution in [-0.4, -0.2) is 28.5 Å². The number of hydrogen-bond donors (Lipinski definition) is 1. The van der Waals surface area contributed by atoms with Crippen molar-refractivity contribution in [2.45, 2.75) is 13.5 Å². The Balaban J connectivity index is 1.79. The van der Waals surface area contributed by atoms with E-state index in [1.165, 1.54) is 12.3 Å². The van der Waals surface area contributed by atoms with Crippen LogP contribution in [0.25, 0.3) is 11.0 Å². The topological polar surface area (TPSA) is 45.1 Å². The number of nitrogens with zero attached hydrogens (tertiary/aromatic N) is 2. The molecule has 3 rings (SSSR count). The third-order valence-corrected chi connectivity index (χ3v) is 3.38. The Morgan fingerprint density at radius 2 is 2.18 bits per heavy atom. The number of halogens is 1. The van der Waals surface area contributed by atoms with Gasteiger partial charge in [0.25, 0.3) is 0 Å². The number of aromatic amines is 1. The average molecular weight is 297 g/mol. The van der Waals surface area contributed by atoms with Crippen molar-refractivity contribution < 1.29 is 8.81 Å². The van der Waals surface area contributed by atoms with Crippen LogP contribution in [0.5, 0.6) is 0 Å². The number of furan rings is 1. The van der Waals surface area contributed by atoms with Crippen molar-refractivity contribution in [1.29, 1.82) is 0 Å². The Hall–Kier alpha value is -2.58. The summed E-state index contributed by atoms with van der Waals surface area (Å²) in [5, 5.41) is 0.703. The Labute approximate surface area is 128 Å². The van der Waals surface area contributed by atoms with E-state index in [2.05, 4.69) is 33.6 Å². The zero-order valence-corrected chi connectivity index (χ0v) is 12.5. The number of pyridine rings is 1. The normalized spacial score (nSPS) is 10.9. The van der Waals surface area contributed by atoms with Crippen LogP contribution in [0.3, 0.4) is 0 Å². The van der Waals surface area contributed by atoms with E-state index in [-0.39, 0.29) is 5.82 Å². The standard InChI is InChI=1S/C17H16FN3O/c1-3-21(2)11-16-7-6-15(22-16)5-4-14-9-12-8-13(18)10-19-17(12)20-14/h6-10H,3,11H2,1-2H3,(H,19,20). The van der Waals surface area contributed by atoms with Crippen LogP contribution in [0, 0.1) is 17.7 Å². The van der Waals surface area contributed by atoms with Crippen molar-refractivity contribution >= 4 is 11.0 Å². The molecule has 3 aromatic rings. The largest absolute Gasteiger partial charge is 0.451 e. The second kappa shape index (κ2) is 6.04. The molecule has 4 nitrogen and oxygen atoms in total. The molecule has 0 radical (unpaired) electrons. The molecule has 1 N–H and O–H groups in total. The molecule has 3 heterocycles. The number of H-pyrrole nitrogens is 1. The van der Waals surface area contributed by atoms with Crippen molar-refractivity contribution in [2.75, 3.05) is 13.6 Å². The SMILES string of the molecule is CCN(C)Cc1ccc(C#Cc2cc3cc(F)cnc3[nH]2)o1. The first-order chi connectivity index (χ1) is 10.6. The van der Waals surface area contributed by atoms with Crippen molar-refractivity contribution in [3.05, 3.63) is 53.5 Å². The summed E-state index contributed by atoms with van der Waals surface area (Å²) >= 11 is 0. The summed E-state index contributed by atoms with van der Waals surface area (Å²) in [4.78, 5) is 9.16. The fraction of sp³-hybridized carbons (Fsp3) is 0.235. The highest BCUT2D eigenvalue weighted by Gasteiger charge is 2.03. The molecule has 0 saturated heterocycles. The van der Waals surface area contributed by atoms with Crippen LogP contribution in [0.2, 0.25) is 0 Å². The highest BCUT2D eigenvalue weighted by Crippen LogP contribution is 2.14. The van der Waals surface area contributed by atoms with Crippen molar-refractivity contribution in [1.82, 2.24) is 14.9 Å². The van der Waals surface area contributed by atoms with Crippen LogP contribution in [-0.2, 0) is 6.54 Å². The van der Waals surface area contributed by atoms with Crippen LogP contribution in [0.1, 0.15) is 24.1 Å². The van der Waals surface area contributed by atoms with Crippen LogP contribution >= 0.6 is 0 Å². The lowest BCUT2D eigenvalue weighted by molar-refractivity contribution is 0.308. The lowest BCUT2D eigenvalue weighted by Gasteiger charge is -2.10. The molecule has 112 valence electrons. The first-order valence-corrected chi connectivity index (χ1v) is 7.07. The molecule has 5 heteroatoms. The summed E-state index contributed by atoms with van der Waals surface area (Å²) < 4.78 is 18.8. The molecule has 0 amide bonds. The molecule has 3 aromatic heterocycles. The predicted octanol–water partition coefficient (Wildman–Crippen LogP) is 3.15. The van der Waals surface area contributed by atoms with E-state index in [1.54, 1.807) is 6.07 Å². The molecular weight excluding hydrogens is 281 g/mol. The van der Waals surface area contributed by atoms with Gasteiger partial charge in [-0.3, -0.25) is 4.90 Å². The van der Waals surface area contributed by atoms with E-state index < -0.39 is 0 Å². The van der Waals surface area contributed by atoms with Crippen molar-refractivity contribution in [3.63, 3.8) is 0 Å². The lowest BCUT2D eigenvalue weighted by Crippen LogP contribution is -2.16. The quantitative estimate of drug-likeness (QED) is 0.755. The Morgan fingerprint density at radius 3 is 3.00 bits per heavy atom. The third kappa shape index (κ3) is 3.18. The van der Waals surface area contributed by atoms with E-state index in [4.69, 9.17) is 4.42 Å². The Kier molecular flexibility index (Phi) is 3.94. The fourth-order valence-corrected chi connectivity index (χ4v) is 2.09. The monoisotopic (exact) mass is 297 g/mol. The number of aromatic nitrogens is 2. The van der Waals surface area contributed by atoms with Gasteiger partial charge in [-0.15, -0.1) is 0 Å². The molecule has 0 aliphatic rings. The number of nitrogens with one attached hydrogen (secondary N) is 1. The molecule has 0 aliphatic carbocycles. The summed E-state index contributed by atoms with van der Waals surface area (Å²) in [7, 11) is 2.03. The van der Waals surface area contributed by atoms with Gasteiger partial charge >= 0.3 is 0 Å². The van der Waals surface area contributed by atoms with Crippen LogP contribution in [0.4, 0.5) is 4.39 Å². The predicted molar refractivity (Wildman–Crippen MR) is 82.7 cm³/mol. The fourth-order valence-electron chi connectivity index (χ4n) is 2.09. The summed E-state index contributed by atoms with van der Waals surface area (Å²) in [6.07, 6.45) is 1.18. The molecule has 0 atom stereocenters. The molecule has 0 aromatic carbocycles. The smallest absolute Gasteiger partial charge is 0.177 e. The van der Waals surface area contributed by atoms with Gasteiger partial charge in [0.05, 0.1) is 18.4 Å². The first-order valence-electron chi connectivity index (χ1n) is 7.07. The van der Waals surface area contributed by atoms with E-state index in [1.807, 2.05) is 19.2 Å². The van der Waals surface area contributed by atoms with Gasteiger partial charge < -0.3 is 9.40 Å². The minimum absolute atomic E-state index is 0.360. The van der Waals surface area contributed by atoms with Crippen molar-refractivity contribution in [3.8, 4) is 11.8 Å². The second-order valence-corrected chi connectivity index (χ2v) is 5.12. The number of fused-ring (bicyclic) bond motifs is 1. The van der Waals surface area contributed by atoms with Crippen LogP contribution < -0.4 is 0 Å². The lowest BCUT2D eigenvalue weighted by atomic mass is 10.3. The molecule has 22 heavy (non-hydrogen) atoms. The van der Waals surface area contributed by atoms with E-state index in [0.717, 1.165) is 18.8 Å². The summed E-state index contributed by atoms with van der Waals surface area (Å²) in [5.74, 6) is 7.07. The Morgan fingerprint density at radius 1 is 1.32 bits per heavy atom. The maximum atomic E-state index is 13.1. The molecule has 0 bridgehead atoms. The van der Waals surface area contributed by atoms with Crippen molar-refractivity contribution in [2.24, 2.45) is 0 Å². The minimum Gasteiger partial charge on any atom is -0.451 e.